The van der Waals surface area contributed by atoms with Crippen LogP contribution in [0, 0.1) is 6.92 Å². The van der Waals surface area contributed by atoms with Gasteiger partial charge in [0.05, 0.1) is 12.3 Å². The van der Waals surface area contributed by atoms with Crippen LogP contribution in [0.5, 0.6) is 5.75 Å². The predicted molar refractivity (Wildman–Crippen MR) is 90.8 cm³/mol. The lowest BCUT2D eigenvalue weighted by atomic mass is 10.2. The van der Waals surface area contributed by atoms with Gasteiger partial charge in [-0.3, -0.25) is 9.78 Å². The molecule has 0 atom stereocenters. The van der Waals surface area contributed by atoms with E-state index in [1.165, 1.54) is 6.92 Å². The second-order valence-corrected chi connectivity index (χ2v) is 5.50. The van der Waals surface area contributed by atoms with Gasteiger partial charge in [0.1, 0.15) is 5.75 Å². The number of hydrogen-bond donors (Lipinski definition) is 2. The van der Waals surface area contributed by atoms with E-state index in [-0.39, 0.29) is 5.91 Å². The first-order valence-electron chi connectivity index (χ1n) is 7.55. The van der Waals surface area contributed by atoms with Gasteiger partial charge in [0, 0.05) is 42.3 Å². The number of hydrogen-bond acceptors (Lipinski definition) is 3. The summed E-state index contributed by atoms with van der Waals surface area (Å²) in [5.41, 5.74) is 3.89. The molecule has 0 saturated heterocycles. The lowest BCUT2D eigenvalue weighted by Gasteiger charge is -2.07. The van der Waals surface area contributed by atoms with E-state index in [4.69, 9.17) is 4.74 Å². The van der Waals surface area contributed by atoms with Crippen molar-refractivity contribution in [1.29, 1.82) is 0 Å². The number of ether oxygens (including phenoxy) is 1. The first-order valence-corrected chi connectivity index (χ1v) is 7.55. The number of pyridine rings is 1. The number of nitrogens with one attached hydrogen (secondary N) is 2. The smallest absolute Gasteiger partial charge is 0.221 e. The van der Waals surface area contributed by atoms with Crippen molar-refractivity contribution in [1.82, 2.24) is 9.97 Å². The Bertz CT molecular complexity index is 822. The molecule has 2 heterocycles. The number of anilines is 1. The molecule has 0 fully saturated rings. The zero-order valence-corrected chi connectivity index (χ0v) is 13.2. The van der Waals surface area contributed by atoms with Gasteiger partial charge in [0.2, 0.25) is 5.91 Å². The predicted octanol–water partition coefficient (Wildman–Crippen LogP) is 3.45. The molecule has 0 radical (unpaired) electrons. The fourth-order valence-corrected chi connectivity index (χ4v) is 2.42. The molecule has 0 unspecified atom stereocenters. The van der Waals surface area contributed by atoms with E-state index in [0.29, 0.717) is 6.61 Å². The number of carbonyl (C=O) groups is 1. The Balaban J connectivity index is 1.67. The van der Waals surface area contributed by atoms with Crippen LogP contribution in [-0.2, 0) is 11.2 Å². The molecule has 2 N–H and O–H groups in total. The summed E-state index contributed by atoms with van der Waals surface area (Å²) in [6.45, 7) is 4.05. The lowest BCUT2D eigenvalue weighted by Crippen LogP contribution is -2.05. The maximum atomic E-state index is 11.2. The number of nitrogens with zero attached hydrogens (tertiary/aromatic N) is 1. The molecule has 2 aromatic heterocycles. The molecule has 1 aromatic carbocycles. The standard InChI is InChI=1S/C18H19N3O2/c1-12-3-4-14(10-19-12)7-8-23-15-5-6-17-16(9-15)18(11-20-17)21-13(2)22/h3-6,9-11,20H,7-8H2,1-2H3,(H,21,22). The zero-order chi connectivity index (χ0) is 16.2. The van der Waals surface area contributed by atoms with Gasteiger partial charge in [-0.05, 0) is 36.8 Å². The zero-order valence-electron chi connectivity index (χ0n) is 13.2. The Kier molecular flexibility index (Phi) is 4.28. The number of benzene rings is 1. The van der Waals surface area contributed by atoms with Crippen molar-refractivity contribution in [2.75, 3.05) is 11.9 Å². The molecular weight excluding hydrogens is 290 g/mol. The average Bonchev–Trinajstić information content (AvgIpc) is 2.91. The molecule has 0 aliphatic heterocycles. The summed E-state index contributed by atoms with van der Waals surface area (Å²) in [5, 5.41) is 3.75. The lowest BCUT2D eigenvalue weighted by molar-refractivity contribution is -0.114. The topological polar surface area (TPSA) is 67.0 Å². The summed E-state index contributed by atoms with van der Waals surface area (Å²) < 4.78 is 5.82. The van der Waals surface area contributed by atoms with Gasteiger partial charge >= 0.3 is 0 Å². The summed E-state index contributed by atoms with van der Waals surface area (Å²) in [6.07, 6.45) is 4.47. The van der Waals surface area contributed by atoms with Crippen LogP contribution in [0.4, 0.5) is 5.69 Å². The minimum atomic E-state index is -0.0934. The van der Waals surface area contributed by atoms with Crippen LogP contribution in [0.2, 0.25) is 0 Å². The van der Waals surface area contributed by atoms with Crippen LogP contribution in [0.1, 0.15) is 18.2 Å². The molecule has 0 bridgehead atoms. The number of aromatic amines is 1. The van der Waals surface area contributed by atoms with Crippen LogP contribution < -0.4 is 10.1 Å². The third-order valence-electron chi connectivity index (χ3n) is 3.60. The van der Waals surface area contributed by atoms with Gasteiger partial charge in [0.15, 0.2) is 0 Å². The average molecular weight is 309 g/mol. The molecule has 3 aromatic rings. The normalized spacial score (nSPS) is 10.7. The second kappa shape index (κ2) is 6.52. The summed E-state index contributed by atoms with van der Waals surface area (Å²) >= 11 is 0. The molecule has 0 aliphatic rings. The molecule has 0 spiro atoms. The fraction of sp³-hybridized carbons (Fsp3) is 0.222. The van der Waals surface area contributed by atoms with Crippen molar-refractivity contribution in [2.24, 2.45) is 0 Å². The number of rotatable bonds is 5. The van der Waals surface area contributed by atoms with Gasteiger partial charge in [-0.1, -0.05) is 6.07 Å². The second-order valence-electron chi connectivity index (χ2n) is 5.50. The Labute approximate surface area is 134 Å². The summed E-state index contributed by atoms with van der Waals surface area (Å²) in [4.78, 5) is 18.6. The Morgan fingerprint density at radius 3 is 2.91 bits per heavy atom. The van der Waals surface area contributed by atoms with Crippen molar-refractivity contribution in [3.05, 3.63) is 54.0 Å². The monoisotopic (exact) mass is 309 g/mol. The Morgan fingerprint density at radius 2 is 2.17 bits per heavy atom. The van der Waals surface area contributed by atoms with E-state index in [0.717, 1.165) is 40.0 Å². The van der Waals surface area contributed by atoms with E-state index in [1.807, 2.05) is 37.4 Å². The first kappa shape index (κ1) is 15.1. The summed E-state index contributed by atoms with van der Waals surface area (Å²) in [5.74, 6) is 0.688. The van der Waals surface area contributed by atoms with Gasteiger partial charge in [-0.15, -0.1) is 0 Å². The van der Waals surface area contributed by atoms with Crippen molar-refractivity contribution in [3.8, 4) is 5.75 Å². The molecule has 0 aliphatic carbocycles. The van der Waals surface area contributed by atoms with E-state index in [1.54, 1.807) is 6.20 Å². The van der Waals surface area contributed by atoms with Crippen molar-refractivity contribution >= 4 is 22.5 Å². The number of amides is 1. The molecule has 5 nitrogen and oxygen atoms in total. The minimum absolute atomic E-state index is 0.0934. The molecule has 118 valence electrons. The van der Waals surface area contributed by atoms with E-state index >= 15 is 0 Å². The summed E-state index contributed by atoms with van der Waals surface area (Å²) in [6, 6.07) is 9.87. The number of H-pyrrole nitrogens is 1. The highest BCUT2D eigenvalue weighted by Gasteiger charge is 2.06. The molecule has 0 saturated carbocycles. The molecule has 5 heteroatoms. The highest BCUT2D eigenvalue weighted by atomic mass is 16.5. The molecule has 3 rings (SSSR count). The quantitative estimate of drug-likeness (QED) is 0.758. The van der Waals surface area contributed by atoms with Gasteiger partial charge in [-0.2, -0.15) is 0 Å². The maximum absolute atomic E-state index is 11.2. The van der Waals surface area contributed by atoms with E-state index in [9.17, 15) is 4.79 Å². The fourth-order valence-electron chi connectivity index (χ4n) is 2.42. The van der Waals surface area contributed by atoms with E-state index < -0.39 is 0 Å². The summed E-state index contributed by atoms with van der Waals surface area (Å²) in [7, 11) is 0. The highest BCUT2D eigenvalue weighted by molar-refractivity contribution is 6.01. The number of fused-ring (bicyclic) bond motifs is 1. The molecular formula is C18H19N3O2. The first-order chi connectivity index (χ1) is 11.1. The maximum Gasteiger partial charge on any atom is 0.221 e. The van der Waals surface area contributed by atoms with Crippen LogP contribution in [0.25, 0.3) is 10.9 Å². The van der Waals surface area contributed by atoms with Gasteiger partial charge in [0.25, 0.3) is 0 Å². The largest absolute Gasteiger partial charge is 0.493 e. The Hall–Kier alpha value is -2.82. The van der Waals surface area contributed by atoms with Crippen molar-refractivity contribution < 1.29 is 9.53 Å². The minimum Gasteiger partial charge on any atom is -0.493 e. The van der Waals surface area contributed by atoms with Gasteiger partial charge < -0.3 is 15.0 Å². The molecule has 1 amide bonds. The number of carbonyl (C=O) groups excluding carboxylic acids is 1. The SMILES string of the molecule is CC(=O)Nc1c[nH]c2ccc(OCCc3ccc(C)nc3)cc12. The number of aryl methyl sites for hydroxylation is 1. The van der Waals surface area contributed by atoms with Crippen molar-refractivity contribution in [2.45, 2.75) is 20.3 Å². The van der Waals surface area contributed by atoms with E-state index in [2.05, 4.69) is 21.4 Å². The third-order valence-corrected chi connectivity index (χ3v) is 3.60. The van der Waals surface area contributed by atoms with Crippen LogP contribution >= 0.6 is 0 Å². The highest BCUT2D eigenvalue weighted by Crippen LogP contribution is 2.27. The van der Waals surface area contributed by atoms with Crippen LogP contribution in [-0.4, -0.2) is 22.5 Å². The molecule has 23 heavy (non-hydrogen) atoms. The van der Waals surface area contributed by atoms with Crippen LogP contribution in [0.15, 0.2) is 42.7 Å². The van der Waals surface area contributed by atoms with Crippen molar-refractivity contribution in [3.63, 3.8) is 0 Å². The Morgan fingerprint density at radius 1 is 1.30 bits per heavy atom. The third kappa shape index (κ3) is 3.69. The van der Waals surface area contributed by atoms with Crippen LogP contribution in [0.3, 0.4) is 0 Å². The van der Waals surface area contributed by atoms with Gasteiger partial charge in [-0.25, -0.2) is 0 Å². The number of aromatic nitrogens is 2.